The molecule has 22 heavy (non-hydrogen) atoms. The number of carboxylic acids is 1. The molecule has 0 saturated heterocycles. The second kappa shape index (κ2) is 6.24. The van der Waals surface area contributed by atoms with Crippen LogP contribution in [0.4, 0.5) is 26.3 Å². The minimum atomic E-state index is -5.28. The Morgan fingerprint density at radius 1 is 1.00 bits per heavy atom. The lowest BCUT2D eigenvalue weighted by Crippen LogP contribution is -2.43. The van der Waals surface area contributed by atoms with Crippen LogP contribution >= 0.6 is 0 Å². The predicted molar refractivity (Wildman–Crippen MR) is 60.6 cm³/mol. The number of amides is 1. The number of benzene rings is 1. The van der Waals surface area contributed by atoms with Crippen LogP contribution in [0.25, 0.3) is 0 Å². The van der Waals surface area contributed by atoms with Gasteiger partial charge in [0.25, 0.3) is 0 Å². The van der Waals surface area contributed by atoms with E-state index in [4.69, 9.17) is 5.11 Å². The van der Waals surface area contributed by atoms with Crippen LogP contribution in [-0.4, -0.2) is 34.6 Å². The smallest absolute Gasteiger partial charge is 0.471 e. The molecule has 0 unspecified atom stereocenters. The Bertz CT molecular complexity index is 549. The lowest BCUT2D eigenvalue weighted by atomic mass is 10.1. The Kier molecular flexibility index (Phi) is 5.05. The molecular formula is C12H9F6NO3. The van der Waals surface area contributed by atoms with Crippen molar-refractivity contribution in [1.29, 1.82) is 0 Å². The third-order valence-corrected chi connectivity index (χ3v) is 2.51. The van der Waals surface area contributed by atoms with Crippen molar-refractivity contribution < 1.29 is 41.0 Å². The van der Waals surface area contributed by atoms with Crippen molar-refractivity contribution in [2.45, 2.75) is 18.9 Å². The summed E-state index contributed by atoms with van der Waals surface area (Å²) in [5.74, 6) is -4.06. The number of carbonyl (C=O) groups is 2. The molecule has 0 heterocycles. The fourth-order valence-corrected chi connectivity index (χ4v) is 1.56. The second-order valence-electron chi connectivity index (χ2n) is 4.25. The van der Waals surface area contributed by atoms with Gasteiger partial charge in [0.05, 0.1) is 5.56 Å². The number of carboxylic acid groups (broad SMARTS) is 1. The van der Waals surface area contributed by atoms with Gasteiger partial charge in [-0.1, -0.05) is 12.1 Å². The van der Waals surface area contributed by atoms with Crippen molar-refractivity contribution in [3.8, 4) is 0 Å². The van der Waals surface area contributed by atoms with E-state index in [1.807, 2.05) is 0 Å². The molecule has 0 aliphatic carbocycles. The molecule has 1 aromatic carbocycles. The Morgan fingerprint density at radius 3 is 1.86 bits per heavy atom. The van der Waals surface area contributed by atoms with E-state index >= 15 is 0 Å². The Hall–Kier alpha value is -2.26. The summed E-state index contributed by atoms with van der Waals surface area (Å²) < 4.78 is 74.1. The van der Waals surface area contributed by atoms with Crippen LogP contribution in [-0.2, 0) is 22.3 Å². The maximum Gasteiger partial charge on any atom is 0.471 e. The number of carbonyl (C=O) groups excluding carboxylic acids is 1. The molecule has 0 radical (unpaired) electrons. The first-order chi connectivity index (χ1) is 9.91. The molecule has 1 amide bonds. The molecule has 0 fully saturated rings. The zero-order valence-electron chi connectivity index (χ0n) is 10.7. The molecule has 0 aliphatic rings. The van der Waals surface area contributed by atoms with Crippen LogP contribution in [0.1, 0.15) is 11.1 Å². The fourth-order valence-electron chi connectivity index (χ4n) is 1.56. The molecule has 122 valence electrons. The van der Waals surface area contributed by atoms with Crippen molar-refractivity contribution in [3.05, 3.63) is 35.4 Å². The van der Waals surface area contributed by atoms with Crippen molar-refractivity contribution in [1.82, 2.24) is 4.90 Å². The van der Waals surface area contributed by atoms with Crippen LogP contribution in [0, 0.1) is 0 Å². The average molecular weight is 329 g/mol. The Labute approximate surface area is 119 Å². The monoisotopic (exact) mass is 329 g/mol. The van der Waals surface area contributed by atoms with E-state index in [9.17, 15) is 35.9 Å². The number of nitrogens with zero attached hydrogens (tertiary/aromatic N) is 1. The summed E-state index contributed by atoms with van der Waals surface area (Å²) in [6, 6.07) is 3.02. The Balaban J connectivity index is 2.95. The standard InChI is InChI=1S/C12H9F6NO3/c13-11(14,15)8-3-1-7(2-4-8)5-19(6-9(20)21)10(22)12(16,17)18/h1-4H,5-6H2,(H,20,21). The Morgan fingerprint density at radius 2 is 1.50 bits per heavy atom. The predicted octanol–water partition coefficient (Wildman–Crippen LogP) is 2.68. The third-order valence-electron chi connectivity index (χ3n) is 2.51. The molecular weight excluding hydrogens is 320 g/mol. The van der Waals surface area contributed by atoms with Crippen LogP contribution in [0.3, 0.4) is 0 Å². The van der Waals surface area contributed by atoms with Crippen molar-refractivity contribution in [3.63, 3.8) is 0 Å². The second-order valence-corrected chi connectivity index (χ2v) is 4.25. The molecule has 0 atom stereocenters. The topological polar surface area (TPSA) is 57.6 Å². The summed E-state index contributed by atoms with van der Waals surface area (Å²) in [4.78, 5) is 21.6. The highest BCUT2D eigenvalue weighted by Crippen LogP contribution is 2.29. The molecule has 0 bridgehead atoms. The average Bonchev–Trinajstić information content (AvgIpc) is 2.35. The lowest BCUT2D eigenvalue weighted by molar-refractivity contribution is -0.187. The summed E-state index contributed by atoms with van der Waals surface area (Å²) in [6.07, 6.45) is -9.89. The third kappa shape index (κ3) is 4.93. The molecule has 10 heteroatoms. The summed E-state index contributed by atoms with van der Waals surface area (Å²) in [6.45, 7) is -2.00. The number of aliphatic carboxylic acids is 1. The molecule has 0 saturated carbocycles. The van der Waals surface area contributed by atoms with E-state index in [1.54, 1.807) is 0 Å². The summed E-state index contributed by atoms with van der Waals surface area (Å²) in [5.41, 5.74) is -1.07. The normalized spacial score (nSPS) is 12.1. The van der Waals surface area contributed by atoms with Gasteiger partial charge >= 0.3 is 24.2 Å². The van der Waals surface area contributed by atoms with Crippen molar-refractivity contribution >= 4 is 11.9 Å². The number of alkyl halides is 6. The molecule has 1 aromatic rings. The van der Waals surface area contributed by atoms with E-state index in [-0.39, 0.29) is 10.5 Å². The van der Waals surface area contributed by atoms with Gasteiger partial charge in [0.1, 0.15) is 6.54 Å². The van der Waals surface area contributed by atoms with Gasteiger partial charge in [0, 0.05) is 6.54 Å². The van der Waals surface area contributed by atoms with Gasteiger partial charge in [-0.15, -0.1) is 0 Å². The van der Waals surface area contributed by atoms with Crippen molar-refractivity contribution in [2.24, 2.45) is 0 Å². The van der Waals surface area contributed by atoms with E-state index < -0.39 is 42.9 Å². The van der Waals surface area contributed by atoms with Gasteiger partial charge < -0.3 is 10.0 Å². The van der Waals surface area contributed by atoms with Crippen molar-refractivity contribution in [2.75, 3.05) is 6.54 Å². The number of halogens is 6. The molecule has 0 spiro atoms. The first kappa shape index (κ1) is 17.8. The highest BCUT2D eigenvalue weighted by atomic mass is 19.4. The fraction of sp³-hybridized carbons (Fsp3) is 0.333. The number of hydrogen-bond donors (Lipinski definition) is 1. The first-order valence-electron chi connectivity index (χ1n) is 5.65. The quantitative estimate of drug-likeness (QED) is 0.864. The highest BCUT2D eigenvalue weighted by Gasteiger charge is 2.43. The van der Waals surface area contributed by atoms with Crippen LogP contribution in [0.15, 0.2) is 24.3 Å². The molecule has 0 aliphatic heterocycles. The van der Waals surface area contributed by atoms with Crippen LogP contribution in [0.5, 0.6) is 0 Å². The van der Waals surface area contributed by atoms with E-state index in [1.165, 1.54) is 0 Å². The zero-order chi connectivity index (χ0) is 17.1. The minimum absolute atomic E-state index is 0.00900. The van der Waals surface area contributed by atoms with Gasteiger partial charge in [-0.05, 0) is 17.7 Å². The SMILES string of the molecule is O=C(O)CN(Cc1ccc(C(F)(F)F)cc1)C(=O)C(F)(F)F. The minimum Gasteiger partial charge on any atom is -0.480 e. The highest BCUT2D eigenvalue weighted by molar-refractivity contribution is 5.85. The summed E-state index contributed by atoms with van der Waals surface area (Å²) in [7, 11) is 0. The number of hydrogen-bond acceptors (Lipinski definition) is 2. The maximum absolute atomic E-state index is 12.3. The van der Waals surface area contributed by atoms with Gasteiger partial charge in [0.15, 0.2) is 0 Å². The zero-order valence-corrected chi connectivity index (χ0v) is 10.7. The first-order valence-corrected chi connectivity index (χ1v) is 5.65. The van der Waals surface area contributed by atoms with E-state index in [0.29, 0.717) is 12.1 Å². The van der Waals surface area contributed by atoms with Gasteiger partial charge in [-0.25, -0.2) is 0 Å². The van der Waals surface area contributed by atoms with Gasteiger partial charge in [-0.2, -0.15) is 26.3 Å². The molecule has 4 nitrogen and oxygen atoms in total. The molecule has 0 aromatic heterocycles. The van der Waals surface area contributed by atoms with E-state index in [2.05, 4.69) is 0 Å². The maximum atomic E-state index is 12.3. The van der Waals surface area contributed by atoms with E-state index in [0.717, 1.165) is 12.1 Å². The largest absolute Gasteiger partial charge is 0.480 e. The van der Waals surface area contributed by atoms with Crippen LogP contribution in [0.2, 0.25) is 0 Å². The lowest BCUT2D eigenvalue weighted by Gasteiger charge is -2.22. The van der Waals surface area contributed by atoms with Gasteiger partial charge in [0.2, 0.25) is 0 Å². The molecule has 1 rings (SSSR count). The van der Waals surface area contributed by atoms with Gasteiger partial charge in [-0.3, -0.25) is 9.59 Å². The molecule has 1 N–H and O–H groups in total. The summed E-state index contributed by atoms with van der Waals surface area (Å²) >= 11 is 0. The summed E-state index contributed by atoms with van der Waals surface area (Å²) in [5, 5.41) is 8.52. The van der Waals surface area contributed by atoms with Crippen LogP contribution < -0.4 is 0 Å². The number of rotatable bonds is 4.